The molecule has 0 fully saturated rings. The molecule has 0 spiro atoms. The van der Waals surface area contributed by atoms with Crippen molar-refractivity contribution in [1.29, 1.82) is 0 Å². The summed E-state index contributed by atoms with van der Waals surface area (Å²) in [5, 5.41) is 4.59. The average molecular weight is 336 g/mol. The van der Waals surface area contributed by atoms with Crippen LogP contribution in [0.25, 0.3) is 0 Å². The summed E-state index contributed by atoms with van der Waals surface area (Å²) in [4.78, 5) is 35.0. The van der Waals surface area contributed by atoms with Crippen LogP contribution in [0.2, 0.25) is 0 Å². The molecule has 1 aliphatic carbocycles. The van der Waals surface area contributed by atoms with Crippen molar-refractivity contribution in [3.63, 3.8) is 0 Å². The lowest BCUT2D eigenvalue weighted by atomic mass is 9.84. The van der Waals surface area contributed by atoms with E-state index >= 15 is 0 Å². The van der Waals surface area contributed by atoms with Crippen molar-refractivity contribution in [1.82, 2.24) is 9.78 Å². The van der Waals surface area contributed by atoms with Crippen LogP contribution in [-0.2, 0) is 42.2 Å². The Hall–Kier alpha value is -2.18. The zero-order chi connectivity index (χ0) is 17.9. The van der Waals surface area contributed by atoms with Crippen molar-refractivity contribution in [2.45, 2.75) is 51.5 Å². The number of hydrogen-bond acceptors (Lipinski definition) is 6. The molecule has 2 rings (SSSR count). The normalized spacial score (nSPS) is 17.1. The summed E-state index contributed by atoms with van der Waals surface area (Å²) < 4.78 is 11.1. The molecule has 0 aromatic carbocycles. The molecule has 1 aliphatic rings. The SMILES string of the molecule is COC(=O)CC(=O)C1CCc2nn(C(C)(C)CC(=O)OC)cc2C1. The van der Waals surface area contributed by atoms with E-state index in [0.717, 1.165) is 11.3 Å². The second-order valence-corrected chi connectivity index (χ2v) is 6.77. The second-order valence-electron chi connectivity index (χ2n) is 6.77. The van der Waals surface area contributed by atoms with Crippen LogP contribution in [0.15, 0.2) is 6.20 Å². The standard InChI is InChI=1S/C17H24N2O5/c1-17(2,9-16(22)24-4)19-10-12-7-11(5-6-13(12)18-19)14(20)8-15(21)23-3/h10-11H,5-9H2,1-4H3. The minimum atomic E-state index is -0.504. The smallest absolute Gasteiger partial charge is 0.313 e. The Kier molecular flexibility index (Phi) is 5.41. The summed E-state index contributed by atoms with van der Waals surface area (Å²) in [6, 6.07) is 0. The lowest BCUT2D eigenvalue weighted by Crippen LogP contribution is -2.30. The zero-order valence-corrected chi connectivity index (χ0v) is 14.6. The Balaban J connectivity index is 2.10. The Morgan fingerprint density at radius 1 is 1.25 bits per heavy atom. The highest BCUT2D eigenvalue weighted by Crippen LogP contribution is 2.29. The van der Waals surface area contributed by atoms with Gasteiger partial charge in [0.25, 0.3) is 0 Å². The van der Waals surface area contributed by atoms with Gasteiger partial charge in [-0.25, -0.2) is 0 Å². The Labute approximate surface area is 141 Å². The Morgan fingerprint density at radius 3 is 2.54 bits per heavy atom. The third kappa shape index (κ3) is 4.01. The van der Waals surface area contributed by atoms with Crippen molar-refractivity contribution in [3.05, 3.63) is 17.5 Å². The van der Waals surface area contributed by atoms with E-state index in [2.05, 4.69) is 9.84 Å². The van der Waals surface area contributed by atoms with Crippen LogP contribution in [0, 0.1) is 5.92 Å². The number of methoxy groups -OCH3 is 2. The third-order valence-electron chi connectivity index (χ3n) is 4.50. The van der Waals surface area contributed by atoms with Gasteiger partial charge in [0.15, 0.2) is 0 Å². The fraction of sp³-hybridized carbons (Fsp3) is 0.647. The number of ether oxygens (including phenoxy) is 2. The van der Waals surface area contributed by atoms with Gasteiger partial charge in [-0.15, -0.1) is 0 Å². The number of esters is 2. The van der Waals surface area contributed by atoms with Crippen molar-refractivity contribution < 1.29 is 23.9 Å². The van der Waals surface area contributed by atoms with E-state index in [4.69, 9.17) is 4.74 Å². The highest BCUT2D eigenvalue weighted by Gasteiger charge is 2.31. The van der Waals surface area contributed by atoms with E-state index in [1.165, 1.54) is 14.2 Å². The molecular weight excluding hydrogens is 312 g/mol. The van der Waals surface area contributed by atoms with Crippen molar-refractivity contribution in [2.24, 2.45) is 5.92 Å². The molecule has 24 heavy (non-hydrogen) atoms. The molecule has 0 radical (unpaired) electrons. The lowest BCUT2D eigenvalue weighted by molar-refractivity contribution is -0.145. The summed E-state index contributed by atoms with van der Waals surface area (Å²) >= 11 is 0. The topological polar surface area (TPSA) is 87.5 Å². The monoisotopic (exact) mass is 336 g/mol. The quantitative estimate of drug-likeness (QED) is 0.577. The molecule has 1 unspecified atom stereocenters. The molecule has 0 saturated heterocycles. The maximum atomic E-state index is 12.2. The molecule has 7 heteroatoms. The maximum Gasteiger partial charge on any atom is 0.313 e. The van der Waals surface area contributed by atoms with Gasteiger partial charge in [0, 0.05) is 12.1 Å². The molecule has 0 N–H and O–H groups in total. The molecule has 1 aromatic heterocycles. The van der Waals surface area contributed by atoms with Crippen LogP contribution < -0.4 is 0 Å². The number of hydrogen-bond donors (Lipinski definition) is 0. The minimum absolute atomic E-state index is 0.0888. The lowest BCUT2D eigenvalue weighted by Gasteiger charge is -2.23. The van der Waals surface area contributed by atoms with E-state index in [1.54, 1.807) is 4.68 Å². The van der Waals surface area contributed by atoms with Gasteiger partial charge in [-0.2, -0.15) is 5.10 Å². The largest absolute Gasteiger partial charge is 0.469 e. The highest BCUT2D eigenvalue weighted by atomic mass is 16.5. The zero-order valence-electron chi connectivity index (χ0n) is 14.6. The fourth-order valence-corrected chi connectivity index (χ4v) is 2.95. The van der Waals surface area contributed by atoms with Gasteiger partial charge >= 0.3 is 11.9 Å². The van der Waals surface area contributed by atoms with Crippen molar-refractivity contribution in [2.75, 3.05) is 14.2 Å². The highest BCUT2D eigenvalue weighted by molar-refractivity contribution is 5.97. The van der Waals surface area contributed by atoms with Crippen LogP contribution in [-0.4, -0.2) is 41.7 Å². The number of nitrogens with zero attached hydrogens (tertiary/aromatic N) is 2. The van der Waals surface area contributed by atoms with Gasteiger partial charge in [-0.05, 0) is 38.7 Å². The number of carbonyl (C=O) groups is 3. The van der Waals surface area contributed by atoms with E-state index < -0.39 is 11.5 Å². The molecule has 0 saturated carbocycles. The van der Waals surface area contributed by atoms with Gasteiger partial charge in [0.1, 0.15) is 12.2 Å². The molecule has 7 nitrogen and oxygen atoms in total. The number of aromatic nitrogens is 2. The van der Waals surface area contributed by atoms with Crippen molar-refractivity contribution >= 4 is 17.7 Å². The van der Waals surface area contributed by atoms with Crippen LogP contribution in [0.4, 0.5) is 0 Å². The Morgan fingerprint density at radius 2 is 1.92 bits per heavy atom. The molecule has 0 amide bonds. The molecule has 132 valence electrons. The van der Waals surface area contributed by atoms with E-state index in [0.29, 0.717) is 19.3 Å². The maximum absolute atomic E-state index is 12.2. The average Bonchev–Trinajstić information content (AvgIpc) is 2.98. The summed E-state index contributed by atoms with van der Waals surface area (Å²) in [7, 11) is 2.64. The summed E-state index contributed by atoms with van der Waals surface area (Å²) in [6.07, 6.45) is 3.87. The summed E-state index contributed by atoms with van der Waals surface area (Å²) in [6.45, 7) is 3.84. The molecule has 1 heterocycles. The van der Waals surface area contributed by atoms with Gasteiger partial charge in [-0.1, -0.05) is 0 Å². The van der Waals surface area contributed by atoms with E-state index in [-0.39, 0.29) is 30.5 Å². The van der Waals surface area contributed by atoms with Crippen LogP contribution in [0.3, 0.4) is 0 Å². The first kappa shape index (κ1) is 18.2. The first-order valence-electron chi connectivity index (χ1n) is 8.01. The van der Waals surface area contributed by atoms with Gasteiger partial charge < -0.3 is 9.47 Å². The fourth-order valence-electron chi connectivity index (χ4n) is 2.95. The van der Waals surface area contributed by atoms with Gasteiger partial charge in [-0.3, -0.25) is 19.1 Å². The van der Waals surface area contributed by atoms with E-state index in [1.807, 2.05) is 20.0 Å². The Bertz CT molecular complexity index is 647. The second kappa shape index (κ2) is 7.15. The third-order valence-corrected chi connectivity index (χ3v) is 4.50. The summed E-state index contributed by atoms with van der Waals surface area (Å²) in [5.74, 6) is -1.06. The number of aryl methyl sites for hydroxylation is 1. The number of fused-ring (bicyclic) bond motifs is 1. The van der Waals surface area contributed by atoms with E-state index in [9.17, 15) is 14.4 Å². The first-order valence-corrected chi connectivity index (χ1v) is 8.01. The van der Waals surface area contributed by atoms with Crippen LogP contribution in [0.1, 0.15) is 44.4 Å². The van der Waals surface area contributed by atoms with Gasteiger partial charge in [0.2, 0.25) is 0 Å². The minimum Gasteiger partial charge on any atom is -0.469 e. The molecule has 0 bridgehead atoms. The summed E-state index contributed by atoms with van der Waals surface area (Å²) in [5.41, 5.74) is 1.45. The van der Waals surface area contributed by atoms with Crippen molar-refractivity contribution in [3.8, 4) is 0 Å². The van der Waals surface area contributed by atoms with Crippen LogP contribution >= 0.6 is 0 Å². The number of rotatable bonds is 6. The predicted molar refractivity (Wildman–Crippen MR) is 85.3 cm³/mol. The predicted octanol–water partition coefficient (Wildman–Crippen LogP) is 1.42. The number of Topliss-reactive ketones (excluding diaryl/α,β-unsaturated/α-hetero) is 1. The molecule has 0 aliphatic heterocycles. The van der Waals surface area contributed by atoms with Crippen LogP contribution in [0.5, 0.6) is 0 Å². The molecular formula is C17H24N2O5. The molecule has 1 aromatic rings. The number of ketones is 1. The molecule has 1 atom stereocenters. The number of carbonyl (C=O) groups excluding carboxylic acids is 3. The first-order chi connectivity index (χ1) is 11.3. The van der Waals surface area contributed by atoms with Gasteiger partial charge in [0.05, 0.1) is 31.9 Å².